The first-order chi connectivity index (χ1) is 57.5. The number of nitrogens with one attached hydrogen (secondary N) is 2. The zero-order valence-corrected chi connectivity index (χ0v) is 72.5. The fourth-order valence-corrected chi connectivity index (χ4v) is 16.3. The Morgan fingerprint density at radius 1 is 0.525 bits per heavy atom. The lowest BCUT2D eigenvalue weighted by Crippen LogP contribution is -2.41. The number of alkyl halides is 1. The first kappa shape index (κ1) is 87.8. The van der Waals surface area contributed by atoms with Gasteiger partial charge >= 0.3 is 7.12 Å². The minimum atomic E-state index is -0.884. The average molecular weight is 1760 g/mol. The van der Waals surface area contributed by atoms with E-state index >= 15 is 0 Å². The van der Waals surface area contributed by atoms with E-state index < -0.39 is 12.2 Å². The zero-order valence-electron chi connectivity index (χ0n) is 67.8. The smallest absolute Gasteiger partial charge is 0.399 e. The first-order valence-electron chi connectivity index (χ1n) is 37.9. The van der Waals surface area contributed by atoms with Crippen molar-refractivity contribution >= 4 is 123 Å². The second-order valence-electron chi connectivity index (χ2n) is 28.9. The highest BCUT2D eigenvalue weighted by Crippen LogP contribution is 2.44. The summed E-state index contributed by atoms with van der Waals surface area (Å²) in [5.74, 6) is -0.886. The van der Waals surface area contributed by atoms with Crippen molar-refractivity contribution < 1.29 is 42.9 Å². The Morgan fingerprint density at radius 3 is 1.24 bits per heavy atom. The normalized spacial score (nSPS) is 13.1. The summed E-state index contributed by atoms with van der Waals surface area (Å²) in [4.78, 5) is 21.6. The molecule has 0 bridgehead atoms. The van der Waals surface area contributed by atoms with Gasteiger partial charge in [0.05, 0.1) is 112 Å². The maximum Gasteiger partial charge on any atom is 0.498 e. The lowest BCUT2D eigenvalue weighted by atomic mass is 9.82. The molecule has 36 heteroatoms. The number of aliphatic hydroxyl groups excluding tert-OH is 4. The molecule has 0 amide bonds. The zero-order chi connectivity index (χ0) is 86.2. The molecule has 0 radical (unpaired) electrons. The van der Waals surface area contributed by atoms with Crippen LogP contribution in [0.5, 0.6) is 0 Å². The van der Waals surface area contributed by atoms with E-state index in [1.54, 1.807) is 65.9 Å². The van der Waals surface area contributed by atoms with Gasteiger partial charge in [-0.1, -0.05) is 70.7 Å². The molecule has 0 aliphatic carbocycles. The van der Waals surface area contributed by atoms with Crippen molar-refractivity contribution in [2.75, 3.05) is 54.9 Å². The lowest BCUT2D eigenvalue weighted by Gasteiger charge is -2.32. The van der Waals surface area contributed by atoms with Gasteiger partial charge < -0.3 is 44.4 Å². The van der Waals surface area contributed by atoms with Crippen molar-refractivity contribution in [3.8, 4) is 74.2 Å². The molecule has 13 heterocycles. The highest BCUT2D eigenvalue weighted by atomic mass is 79.9. The molecule has 27 nitrogen and oxygen atoms in total. The lowest BCUT2D eigenvalue weighted by molar-refractivity contribution is 0.00578. The molecule has 12 aromatic heterocycles. The van der Waals surface area contributed by atoms with E-state index in [1.165, 1.54) is 70.4 Å². The van der Waals surface area contributed by atoms with Gasteiger partial charge in [0.1, 0.15) is 67.4 Å². The van der Waals surface area contributed by atoms with E-state index in [9.17, 15) is 34.1 Å². The van der Waals surface area contributed by atoms with Crippen LogP contribution in [0.4, 0.5) is 45.6 Å². The largest absolute Gasteiger partial charge is 0.498 e. The molecule has 3 aromatic carbocycles. The summed E-state index contributed by atoms with van der Waals surface area (Å²) in [7, 11) is 5.46. The summed E-state index contributed by atoms with van der Waals surface area (Å²) in [5, 5.41) is 98.6. The number of nitrogens with zero attached hydrogens (tertiary/aromatic N) is 19. The fraction of sp³-hybridized carbons (Fsp3) is 0.286. The second-order valence-corrected chi connectivity index (χ2v) is 33.0. The molecule has 1 saturated heterocycles. The number of aliphatic hydroxyl groups is 4. The number of aromatic nitrogens is 15. The number of thiazole rings is 3. The molecule has 0 unspecified atom stereocenters. The van der Waals surface area contributed by atoms with E-state index in [4.69, 9.17) is 66.5 Å². The number of pyridine rings is 3. The van der Waals surface area contributed by atoms with Gasteiger partial charge in [-0.3, -0.25) is 14.9 Å². The highest BCUT2D eigenvalue weighted by molar-refractivity contribution is 9.10. The van der Waals surface area contributed by atoms with E-state index in [0.29, 0.717) is 70.2 Å². The summed E-state index contributed by atoms with van der Waals surface area (Å²) >= 11 is 12.5. The third kappa shape index (κ3) is 18.9. The van der Waals surface area contributed by atoms with Crippen molar-refractivity contribution in [1.29, 1.82) is 15.8 Å². The molecule has 6 N–H and O–H groups in total. The Morgan fingerprint density at radius 2 is 0.900 bits per heavy atom. The number of nitriles is 3. The van der Waals surface area contributed by atoms with Gasteiger partial charge in [-0.05, 0) is 188 Å². The molecule has 120 heavy (non-hydrogen) atoms. The number of hydrogen-bond donors (Lipinski definition) is 6. The molecule has 0 spiro atoms. The highest BCUT2D eigenvalue weighted by Gasteiger charge is 2.52. The van der Waals surface area contributed by atoms with Gasteiger partial charge in [-0.15, -0.1) is 11.6 Å². The molecular formula is C84H85BBrClF3N21O6S3. The second kappa shape index (κ2) is 37.8. The maximum absolute atomic E-state index is 13.5. The predicted octanol–water partition coefficient (Wildman–Crippen LogP) is 16.0. The van der Waals surface area contributed by atoms with E-state index in [1.807, 2.05) is 141 Å². The van der Waals surface area contributed by atoms with Gasteiger partial charge in [0, 0.05) is 101 Å². The average Bonchev–Trinajstić information content (AvgIpc) is 1.61. The Kier molecular flexibility index (Phi) is 27.7. The number of benzene rings is 3. The molecule has 15 aromatic rings. The molecule has 0 saturated carbocycles. The maximum atomic E-state index is 13.5. The van der Waals surface area contributed by atoms with Gasteiger partial charge in [0.2, 0.25) is 0 Å². The standard InChI is InChI=1S/C27H26FN7O2S.C24H20FN7S.C21H17BrFN5S.C9H15BN2O2.C3H7ClO2/c1-4-22-26(33(3)27-31-25(24(11-29)38-27)17-5-7-20(28)8-6-17)23-10-18(9-16(2)35(23)32-22)19-12-30-34(13-19)14-21(37)15-36;1-4-19-23(20-10-16(17-12-27-28-13-17)9-14(2)32(20)30-19)31(3)24-29-22(21(11-26)33-24)15-5-7-18(25)8-6-15;1-4-16-20(17-10-14(22)9-12(2)28(17)26-16)27(3)21-25-19(18(11-24)29-21)13-5-7-15(23)8-6-13;1-8(2)9(3,4)14-10(13-8)7-5-11-12-6-7;4-1-3(6)2-5/h5-10,12-13,21,36-37H,4,14-15H2,1-3H3;5-10,12-13H,4H2,1-3H3,(H,27,28);5-10H,4H2,1-3H3;5-6H,1-4H3,(H,11,12);3,5-6H,1-2H2/t21-;;;;3-/m1...1/s1. The van der Waals surface area contributed by atoms with Crippen LogP contribution in [0.25, 0.3) is 72.6 Å². The van der Waals surface area contributed by atoms with Crippen LogP contribution in [0.15, 0.2) is 151 Å². The third-order valence-corrected chi connectivity index (χ3v) is 24.0. The number of H-pyrrole nitrogens is 2. The summed E-state index contributed by atoms with van der Waals surface area (Å²) in [5.41, 5.74) is 19.2. The van der Waals surface area contributed by atoms with Crippen LogP contribution in [-0.4, -0.2) is 165 Å². The van der Waals surface area contributed by atoms with Crippen LogP contribution in [0.2, 0.25) is 0 Å². The topological polar surface area (TPSA) is 346 Å². The molecule has 1 aliphatic heterocycles. The molecule has 16 rings (SSSR count). The van der Waals surface area contributed by atoms with Gasteiger partial charge in [0.15, 0.2) is 15.4 Å². The fourth-order valence-electron chi connectivity index (χ4n) is 13.1. The molecular weight excluding hydrogens is 1680 g/mol. The third-order valence-electron chi connectivity index (χ3n) is 20.0. The predicted molar refractivity (Wildman–Crippen MR) is 466 cm³/mol. The Balaban J connectivity index is 0.000000149. The Hall–Kier alpha value is -11.5. The van der Waals surface area contributed by atoms with Crippen molar-refractivity contribution in [2.24, 2.45) is 0 Å². The minimum Gasteiger partial charge on any atom is -0.399 e. The monoisotopic (exact) mass is 1760 g/mol. The summed E-state index contributed by atoms with van der Waals surface area (Å²) in [6.45, 7) is 19.9. The minimum absolute atomic E-state index is 0.108. The number of fused-ring (bicyclic) bond motifs is 3. The van der Waals surface area contributed by atoms with Crippen molar-refractivity contribution in [1.82, 2.24) is 74.0 Å². The number of hydrogen-bond acceptors (Lipinski definition) is 24. The van der Waals surface area contributed by atoms with Crippen LogP contribution in [0.1, 0.15) is 97.3 Å². The Bertz CT molecular complexity index is 6210. The van der Waals surface area contributed by atoms with E-state index in [2.05, 4.69) is 85.6 Å². The van der Waals surface area contributed by atoms with E-state index in [-0.39, 0.29) is 61.4 Å². The number of rotatable bonds is 20. The summed E-state index contributed by atoms with van der Waals surface area (Å²) < 4.78 is 60.2. The van der Waals surface area contributed by atoms with Gasteiger partial charge in [0.25, 0.3) is 0 Å². The molecule has 2 atom stereocenters. The number of aryl methyl sites for hydroxylation is 6. The summed E-state index contributed by atoms with van der Waals surface area (Å²) in [6.07, 6.45) is 11.3. The van der Waals surface area contributed by atoms with Gasteiger partial charge in [-0.25, -0.2) is 41.7 Å². The van der Waals surface area contributed by atoms with E-state index in [0.717, 1.165) is 113 Å². The van der Waals surface area contributed by atoms with Crippen LogP contribution in [0, 0.1) is 72.2 Å². The SMILES string of the molecule is CC1(C)OB(c2cn[nH]c2)OC1(C)C.CCc1nn2c(C)cc(-c3cn[nH]c3)cc2c1N(C)c1nc(-c2ccc(F)cc2)c(C#N)s1.CCc1nn2c(C)cc(-c3cnn(C[C@@H](O)CO)c3)cc2c1N(C)c1nc(-c2ccc(F)cc2)c(C#N)s1.CCc1nn2c(C)cc(Br)cc2c1N(C)c1nc(-c2ccc(F)cc2)c(C#N)s1.OC[C@H](O)CCl. The first-order valence-corrected chi connectivity index (χ1v) is 41.7. The van der Waals surface area contributed by atoms with Crippen molar-refractivity contribution in [3.63, 3.8) is 0 Å². The van der Waals surface area contributed by atoms with Gasteiger partial charge in [-0.2, -0.15) is 46.4 Å². The Labute approximate surface area is 715 Å². The molecule has 1 aliphatic rings. The van der Waals surface area contributed by atoms with Crippen LogP contribution in [-0.2, 0) is 35.1 Å². The van der Waals surface area contributed by atoms with Crippen LogP contribution < -0.4 is 20.2 Å². The molecule has 618 valence electrons. The number of aromatic amines is 2. The van der Waals surface area contributed by atoms with Crippen molar-refractivity contribution in [3.05, 3.63) is 217 Å². The van der Waals surface area contributed by atoms with Crippen LogP contribution >= 0.6 is 61.5 Å². The van der Waals surface area contributed by atoms with Crippen LogP contribution in [0.3, 0.4) is 0 Å². The number of halogens is 5. The molecule has 1 fully saturated rings. The number of anilines is 6. The summed E-state index contributed by atoms with van der Waals surface area (Å²) in [6, 6.07) is 37.0. The van der Waals surface area contributed by atoms with Crippen molar-refractivity contribution in [2.45, 2.75) is 118 Å². The quantitative estimate of drug-likeness (QED) is 0.0305.